The first-order valence-corrected chi connectivity index (χ1v) is 11.4. The number of anilines is 1. The number of para-hydroxylation sites is 1. The number of nitrogens with zero attached hydrogens (tertiary/aromatic N) is 2. The van der Waals surface area contributed by atoms with E-state index in [9.17, 15) is 5.11 Å². The van der Waals surface area contributed by atoms with Gasteiger partial charge in [0.2, 0.25) is 0 Å². The minimum atomic E-state index is -0.671. The fraction of sp³-hybridized carbons (Fsp3) is 0.480. The Morgan fingerprint density at radius 3 is 2.66 bits per heavy atom. The molecule has 1 unspecified atom stereocenters. The molecule has 1 aliphatic rings. The van der Waals surface area contributed by atoms with Crippen molar-refractivity contribution in [1.29, 1.82) is 0 Å². The van der Waals surface area contributed by atoms with E-state index in [4.69, 9.17) is 14.5 Å². The average molecular weight is 441 g/mol. The second-order valence-corrected chi connectivity index (χ2v) is 8.06. The number of hydrogen-bond acceptors (Lipinski definition) is 5. The van der Waals surface area contributed by atoms with E-state index in [1.165, 1.54) is 11.3 Å². The van der Waals surface area contributed by atoms with Gasteiger partial charge in [-0.3, -0.25) is 0 Å². The minimum Gasteiger partial charge on any atom is -0.491 e. The summed E-state index contributed by atoms with van der Waals surface area (Å²) in [5.41, 5.74) is 3.19. The molecule has 2 aromatic carbocycles. The number of aliphatic hydroxyl groups excluding tert-OH is 1. The number of ether oxygens (including phenoxy) is 2. The topological polar surface area (TPSA) is 78.4 Å². The molecule has 0 spiro atoms. The first-order chi connectivity index (χ1) is 15.6. The number of morpholine rings is 1. The van der Waals surface area contributed by atoms with Gasteiger partial charge in [-0.15, -0.1) is 0 Å². The van der Waals surface area contributed by atoms with Crippen LogP contribution in [0, 0.1) is 0 Å². The molecule has 0 amide bonds. The predicted molar refractivity (Wildman–Crippen MR) is 129 cm³/mol. The van der Waals surface area contributed by atoms with Crippen molar-refractivity contribution in [3.8, 4) is 5.75 Å². The number of aliphatic hydroxyl groups is 1. The molecule has 3 N–H and O–H groups in total. The Hall–Kier alpha value is -2.77. The summed E-state index contributed by atoms with van der Waals surface area (Å²) in [7, 11) is 0. The monoisotopic (exact) mass is 440 g/mol. The van der Waals surface area contributed by atoms with Crippen molar-refractivity contribution < 1.29 is 14.6 Å². The van der Waals surface area contributed by atoms with E-state index in [-0.39, 0.29) is 6.10 Å². The van der Waals surface area contributed by atoms with E-state index in [2.05, 4.69) is 33.7 Å². The molecule has 32 heavy (non-hydrogen) atoms. The normalized spacial score (nSPS) is 15.5. The molecule has 174 valence electrons. The van der Waals surface area contributed by atoms with Crippen LogP contribution in [-0.4, -0.2) is 56.6 Å². The highest BCUT2D eigenvalue weighted by atomic mass is 16.5. The van der Waals surface area contributed by atoms with Crippen LogP contribution in [0.25, 0.3) is 0 Å². The highest BCUT2D eigenvalue weighted by molar-refractivity contribution is 5.80. The summed E-state index contributed by atoms with van der Waals surface area (Å²) >= 11 is 0. The van der Waals surface area contributed by atoms with Gasteiger partial charge in [0.05, 0.1) is 32.0 Å². The third-order valence-corrected chi connectivity index (χ3v) is 5.17. The third kappa shape index (κ3) is 7.14. The van der Waals surface area contributed by atoms with Crippen LogP contribution in [0.4, 0.5) is 5.69 Å². The summed E-state index contributed by atoms with van der Waals surface area (Å²) in [5, 5.41) is 17.2. The van der Waals surface area contributed by atoms with E-state index in [1.807, 2.05) is 51.1 Å². The quantitative estimate of drug-likeness (QED) is 0.411. The van der Waals surface area contributed by atoms with Crippen LogP contribution in [0.3, 0.4) is 0 Å². The number of nitrogens with one attached hydrogen (secondary N) is 2. The lowest BCUT2D eigenvalue weighted by molar-refractivity contribution is 0.122. The number of aliphatic imine (C=N–C) groups is 1. The zero-order chi connectivity index (χ0) is 22.8. The highest BCUT2D eigenvalue weighted by Gasteiger charge is 2.15. The smallest absolute Gasteiger partial charge is 0.191 e. The Morgan fingerprint density at radius 2 is 1.91 bits per heavy atom. The summed E-state index contributed by atoms with van der Waals surface area (Å²) < 4.78 is 11.2. The summed E-state index contributed by atoms with van der Waals surface area (Å²) in [6, 6.07) is 16.0. The summed E-state index contributed by atoms with van der Waals surface area (Å²) in [4.78, 5) is 7.11. The van der Waals surface area contributed by atoms with Gasteiger partial charge >= 0.3 is 0 Å². The maximum absolute atomic E-state index is 10.7. The maximum atomic E-state index is 10.7. The lowest BCUT2D eigenvalue weighted by atomic mass is 10.1. The molecule has 1 saturated heterocycles. The molecule has 3 rings (SSSR count). The fourth-order valence-corrected chi connectivity index (χ4v) is 3.64. The van der Waals surface area contributed by atoms with Crippen LogP contribution in [0.5, 0.6) is 5.75 Å². The predicted octanol–water partition coefficient (Wildman–Crippen LogP) is 3.10. The van der Waals surface area contributed by atoms with Gasteiger partial charge in [-0.2, -0.15) is 0 Å². The highest BCUT2D eigenvalue weighted by Crippen LogP contribution is 2.22. The van der Waals surface area contributed by atoms with Crippen LogP contribution >= 0.6 is 0 Å². The van der Waals surface area contributed by atoms with Crippen LogP contribution in [0.2, 0.25) is 0 Å². The van der Waals surface area contributed by atoms with Crippen molar-refractivity contribution in [1.82, 2.24) is 10.6 Å². The van der Waals surface area contributed by atoms with Gasteiger partial charge in [0, 0.05) is 31.9 Å². The van der Waals surface area contributed by atoms with Crippen LogP contribution in [0.15, 0.2) is 53.5 Å². The van der Waals surface area contributed by atoms with E-state index in [0.717, 1.165) is 44.2 Å². The molecule has 0 saturated carbocycles. The summed E-state index contributed by atoms with van der Waals surface area (Å²) in [6.45, 7) is 10.9. The molecule has 0 aliphatic carbocycles. The maximum Gasteiger partial charge on any atom is 0.191 e. The minimum absolute atomic E-state index is 0.0911. The zero-order valence-electron chi connectivity index (χ0n) is 19.4. The Bertz CT molecular complexity index is 866. The number of guanidine groups is 1. The molecule has 1 aliphatic heterocycles. The second kappa shape index (κ2) is 12.3. The van der Waals surface area contributed by atoms with Gasteiger partial charge in [-0.1, -0.05) is 30.3 Å². The number of rotatable bonds is 9. The molecule has 7 heteroatoms. The second-order valence-electron chi connectivity index (χ2n) is 8.06. The molecule has 1 fully saturated rings. The largest absolute Gasteiger partial charge is 0.491 e. The first-order valence-electron chi connectivity index (χ1n) is 11.4. The van der Waals surface area contributed by atoms with Gasteiger partial charge in [-0.05, 0) is 50.1 Å². The Morgan fingerprint density at radius 1 is 1.12 bits per heavy atom. The summed E-state index contributed by atoms with van der Waals surface area (Å²) in [6.07, 6.45) is -0.580. The molecule has 0 aromatic heterocycles. The van der Waals surface area contributed by atoms with Crippen molar-refractivity contribution >= 4 is 11.6 Å². The number of hydrogen-bond donors (Lipinski definition) is 3. The van der Waals surface area contributed by atoms with Crippen LogP contribution < -0.4 is 20.3 Å². The van der Waals surface area contributed by atoms with Crippen molar-refractivity contribution in [2.24, 2.45) is 4.99 Å². The molecule has 0 bridgehead atoms. The Kier molecular flexibility index (Phi) is 9.19. The molecular weight excluding hydrogens is 404 g/mol. The van der Waals surface area contributed by atoms with Crippen molar-refractivity contribution in [2.45, 2.75) is 39.5 Å². The Labute approximate surface area is 191 Å². The molecule has 1 heterocycles. The van der Waals surface area contributed by atoms with E-state index in [0.29, 0.717) is 19.0 Å². The van der Waals surface area contributed by atoms with E-state index < -0.39 is 6.10 Å². The summed E-state index contributed by atoms with van der Waals surface area (Å²) in [5.74, 6) is 1.44. The van der Waals surface area contributed by atoms with Crippen molar-refractivity contribution in [3.63, 3.8) is 0 Å². The van der Waals surface area contributed by atoms with Crippen LogP contribution in [-0.2, 0) is 11.3 Å². The molecular formula is C25H36N4O3. The van der Waals surface area contributed by atoms with Gasteiger partial charge in [0.15, 0.2) is 5.96 Å². The standard InChI is InChI=1S/C25H36N4O3/c1-4-26-25(28-18-24(30)20-9-7-10-22(16-20)32-19(2)3)27-17-21-8-5-6-11-23(21)29-12-14-31-15-13-29/h5-11,16,19,24,30H,4,12-15,17-18H2,1-3H3,(H2,26,27,28). The van der Waals surface area contributed by atoms with E-state index >= 15 is 0 Å². The van der Waals surface area contributed by atoms with Crippen molar-refractivity contribution in [2.75, 3.05) is 44.3 Å². The SMILES string of the molecule is CCNC(=NCc1ccccc1N1CCOCC1)NCC(O)c1cccc(OC(C)C)c1. The fourth-order valence-electron chi connectivity index (χ4n) is 3.64. The van der Waals surface area contributed by atoms with Gasteiger partial charge < -0.3 is 30.1 Å². The molecule has 7 nitrogen and oxygen atoms in total. The van der Waals surface area contributed by atoms with Crippen molar-refractivity contribution in [3.05, 3.63) is 59.7 Å². The average Bonchev–Trinajstić information content (AvgIpc) is 2.81. The lowest BCUT2D eigenvalue weighted by Gasteiger charge is -2.30. The molecule has 1 atom stereocenters. The van der Waals surface area contributed by atoms with Crippen LogP contribution in [0.1, 0.15) is 38.0 Å². The number of benzene rings is 2. The third-order valence-electron chi connectivity index (χ3n) is 5.17. The zero-order valence-corrected chi connectivity index (χ0v) is 19.4. The van der Waals surface area contributed by atoms with Gasteiger partial charge in [0.25, 0.3) is 0 Å². The molecule has 0 radical (unpaired) electrons. The lowest BCUT2D eigenvalue weighted by Crippen LogP contribution is -2.39. The molecule has 2 aromatic rings. The Balaban J connectivity index is 1.63. The van der Waals surface area contributed by atoms with E-state index in [1.54, 1.807) is 0 Å². The van der Waals surface area contributed by atoms with Gasteiger partial charge in [0.1, 0.15) is 5.75 Å². The van der Waals surface area contributed by atoms with Gasteiger partial charge in [-0.25, -0.2) is 4.99 Å². The first kappa shape index (κ1) is 23.9.